The first-order valence-corrected chi connectivity index (χ1v) is 10.0. The number of benzene rings is 3. The number of aryl methyl sites for hydroxylation is 1. The van der Waals surface area contributed by atoms with Crippen LogP contribution in [0.5, 0.6) is 0 Å². The largest absolute Gasteiger partial charge is 0.324 e. The number of anilines is 2. The number of thioether (sulfide) groups is 1. The van der Waals surface area contributed by atoms with Gasteiger partial charge in [-0.3, -0.25) is 9.59 Å². The summed E-state index contributed by atoms with van der Waals surface area (Å²) in [6.45, 7) is 1.95. The topological polar surface area (TPSA) is 58.2 Å². The molecule has 6 heteroatoms. The fourth-order valence-electron chi connectivity index (χ4n) is 2.52. The van der Waals surface area contributed by atoms with Crippen LogP contribution in [0.3, 0.4) is 0 Å². The average Bonchev–Trinajstić information content (AvgIpc) is 2.69. The Morgan fingerprint density at radius 3 is 2.39 bits per heavy atom. The number of halogens is 1. The molecule has 2 amide bonds. The van der Waals surface area contributed by atoms with Crippen molar-refractivity contribution in [3.05, 3.63) is 88.9 Å². The number of para-hydroxylation sites is 1. The van der Waals surface area contributed by atoms with Gasteiger partial charge < -0.3 is 10.6 Å². The van der Waals surface area contributed by atoms with Gasteiger partial charge in [0.1, 0.15) is 0 Å². The summed E-state index contributed by atoms with van der Waals surface area (Å²) in [5.41, 5.74) is 2.96. The highest BCUT2D eigenvalue weighted by Gasteiger charge is 2.08. The van der Waals surface area contributed by atoms with Gasteiger partial charge in [-0.15, -0.1) is 11.8 Å². The molecule has 0 unspecified atom stereocenters. The minimum Gasteiger partial charge on any atom is -0.324 e. The second-order valence-corrected chi connectivity index (χ2v) is 7.62. The lowest BCUT2D eigenvalue weighted by Gasteiger charge is -2.08. The minimum atomic E-state index is -0.150. The van der Waals surface area contributed by atoms with Crippen molar-refractivity contribution in [2.45, 2.75) is 11.8 Å². The Morgan fingerprint density at radius 1 is 0.929 bits per heavy atom. The Balaban J connectivity index is 1.52. The van der Waals surface area contributed by atoms with Gasteiger partial charge in [0, 0.05) is 16.1 Å². The lowest BCUT2D eigenvalue weighted by atomic mass is 10.1. The molecule has 0 aliphatic carbocycles. The first-order valence-electron chi connectivity index (χ1n) is 8.66. The van der Waals surface area contributed by atoms with E-state index >= 15 is 0 Å². The van der Waals surface area contributed by atoms with Crippen LogP contribution in [0.1, 0.15) is 15.9 Å². The first-order chi connectivity index (χ1) is 13.5. The molecule has 3 rings (SSSR count). The van der Waals surface area contributed by atoms with Crippen molar-refractivity contribution in [1.29, 1.82) is 0 Å². The van der Waals surface area contributed by atoms with Crippen molar-refractivity contribution in [3.8, 4) is 0 Å². The predicted molar refractivity (Wildman–Crippen MR) is 116 cm³/mol. The monoisotopic (exact) mass is 410 g/mol. The van der Waals surface area contributed by atoms with Gasteiger partial charge in [-0.25, -0.2) is 0 Å². The maximum atomic E-state index is 12.3. The molecule has 0 aliphatic rings. The van der Waals surface area contributed by atoms with E-state index in [1.54, 1.807) is 18.2 Å². The van der Waals surface area contributed by atoms with Crippen LogP contribution >= 0.6 is 23.4 Å². The molecule has 0 spiro atoms. The van der Waals surface area contributed by atoms with Crippen molar-refractivity contribution in [2.75, 3.05) is 16.4 Å². The second kappa shape index (κ2) is 9.44. The SMILES string of the molecule is Cc1cccc(C(=O)Nc2ccc(SCC(=O)Nc3ccccc3Cl)cc2)c1. The summed E-state index contributed by atoms with van der Waals surface area (Å²) in [4.78, 5) is 25.3. The number of nitrogens with one attached hydrogen (secondary N) is 2. The van der Waals surface area contributed by atoms with Crippen LogP contribution in [0.2, 0.25) is 5.02 Å². The maximum absolute atomic E-state index is 12.3. The maximum Gasteiger partial charge on any atom is 0.255 e. The molecule has 28 heavy (non-hydrogen) atoms. The normalized spacial score (nSPS) is 10.4. The van der Waals surface area contributed by atoms with Crippen molar-refractivity contribution in [1.82, 2.24) is 0 Å². The second-order valence-electron chi connectivity index (χ2n) is 6.16. The molecule has 0 atom stereocenters. The van der Waals surface area contributed by atoms with Gasteiger partial charge in [-0.05, 0) is 55.5 Å². The third-order valence-electron chi connectivity index (χ3n) is 3.91. The Bertz CT molecular complexity index is 990. The van der Waals surface area contributed by atoms with Gasteiger partial charge in [0.05, 0.1) is 16.5 Å². The van der Waals surface area contributed by atoms with Gasteiger partial charge >= 0.3 is 0 Å². The fraction of sp³-hybridized carbons (Fsp3) is 0.0909. The van der Waals surface area contributed by atoms with Gasteiger partial charge in [-0.1, -0.05) is 41.4 Å². The lowest BCUT2D eigenvalue weighted by Crippen LogP contribution is -2.14. The van der Waals surface area contributed by atoms with E-state index in [0.717, 1.165) is 10.5 Å². The molecule has 0 fully saturated rings. The van der Waals surface area contributed by atoms with E-state index in [0.29, 0.717) is 22.0 Å². The van der Waals surface area contributed by atoms with Gasteiger partial charge in [0.2, 0.25) is 5.91 Å². The molecule has 0 saturated carbocycles. The van der Waals surface area contributed by atoms with Crippen LogP contribution in [0.4, 0.5) is 11.4 Å². The smallest absolute Gasteiger partial charge is 0.255 e. The molecule has 0 saturated heterocycles. The van der Waals surface area contributed by atoms with Crippen LogP contribution in [0, 0.1) is 6.92 Å². The molecule has 0 bridgehead atoms. The fourth-order valence-corrected chi connectivity index (χ4v) is 3.40. The Hall–Kier alpha value is -2.76. The highest BCUT2D eigenvalue weighted by molar-refractivity contribution is 8.00. The molecule has 0 aliphatic heterocycles. The van der Waals surface area contributed by atoms with E-state index in [9.17, 15) is 9.59 Å². The Labute approximate surface area is 173 Å². The lowest BCUT2D eigenvalue weighted by molar-refractivity contribution is -0.113. The third kappa shape index (κ3) is 5.62. The summed E-state index contributed by atoms with van der Waals surface area (Å²) in [7, 11) is 0. The quantitative estimate of drug-likeness (QED) is 0.517. The van der Waals surface area contributed by atoms with Crippen molar-refractivity contribution < 1.29 is 9.59 Å². The number of hydrogen-bond donors (Lipinski definition) is 2. The highest BCUT2D eigenvalue weighted by Crippen LogP contribution is 2.23. The summed E-state index contributed by atoms with van der Waals surface area (Å²) >= 11 is 7.45. The molecule has 2 N–H and O–H groups in total. The first kappa shape index (κ1) is 20.0. The standard InChI is InChI=1S/C22H19ClN2O2S/c1-15-5-4-6-16(13-15)22(27)24-17-9-11-18(12-10-17)28-14-21(26)25-20-8-3-2-7-19(20)23/h2-13H,14H2,1H3,(H,24,27)(H,25,26). The van der Waals surface area contributed by atoms with Gasteiger partial charge in [0.15, 0.2) is 0 Å². The van der Waals surface area contributed by atoms with Crippen LogP contribution in [0.15, 0.2) is 77.7 Å². The molecule has 0 radical (unpaired) electrons. The average molecular weight is 411 g/mol. The number of carbonyl (C=O) groups excluding carboxylic acids is 2. The van der Waals surface area contributed by atoms with Gasteiger partial charge in [0.25, 0.3) is 5.91 Å². The molecule has 4 nitrogen and oxygen atoms in total. The zero-order valence-corrected chi connectivity index (χ0v) is 16.8. The third-order valence-corrected chi connectivity index (χ3v) is 5.25. The van der Waals surface area contributed by atoms with E-state index < -0.39 is 0 Å². The van der Waals surface area contributed by atoms with Crippen LogP contribution in [-0.2, 0) is 4.79 Å². The summed E-state index contributed by atoms with van der Waals surface area (Å²) in [5, 5.41) is 6.18. The number of rotatable bonds is 6. The van der Waals surface area contributed by atoms with E-state index in [2.05, 4.69) is 10.6 Å². The zero-order chi connectivity index (χ0) is 19.9. The van der Waals surface area contributed by atoms with Crippen LogP contribution < -0.4 is 10.6 Å². The van der Waals surface area contributed by atoms with E-state index in [1.807, 2.05) is 61.5 Å². The summed E-state index contributed by atoms with van der Waals surface area (Å²) < 4.78 is 0. The molecule has 3 aromatic carbocycles. The highest BCUT2D eigenvalue weighted by atomic mass is 35.5. The molecule has 3 aromatic rings. The number of hydrogen-bond acceptors (Lipinski definition) is 3. The minimum absolute atomic E-state index is 0.130. The van der Waals surface area contributed by atoms with E-state index in [-0.39, 0.29) is 17.6 Å². The zero-order valence-electron chi connectivity index (χ0n) is 15.2. The number of amides is 2. The summed E-state index contributed by atoms with van der Waals surface area (Å²) in [6.07, 6.45) is 0. The predicted octanol–water partition coefficient (Wildman–Crippen LogP) is 5.63. The van der Waals surface area contributed by atoms with E-state index in [4.69, 9.17) is 11.6 Å². The molecule has 0 heterocycles. The van der Waals surface area contributed by atoms with Crippen molar-refractivity contribution >= 4 is 46.6 Å². The van der Waals surface area contributed by atoms with Crippen LogP contribution in [-0.4, -0.2) is 17.6 Å². The number of carbonyl (C=O) groups is 2. The van der Waals surface area contributed by atoms with E-state index in [1.165, 1.54) is 11.8 Å². The van der Waals surface area contributed by atoms with Crippen molar-refractivity contribution in [3.63, 3.8) is 0 Å². The molecular weight excluding hydrogens is 392 g/mol. The molecular formula is C22H19ClN2O2S. The summed E-state index contributed by atoms with van der Waals surface area (Å²) in [5.74, 6) is -0.0154. The van der Waals surface area contributed by atoms with Gasteiger partial charge in [-0.2, -0.15) is 0 Å². The van der Waals surface area contributed by atoms with Crippen LogP contribution in [0.25, 0.3) is 0 Å². The molecule has 142 valence electrons. The summed E-state index contributed by atoms with van der Waals surface area (Å²) in [6, 6.07) is 21.9. The Morgan fingerprint density at radius 2 is 1.68 bits per heavy atom. The van der Waals surface area contributed by atoms with Crippen molar-refractivity contribution in [2.24, 2.45) is 0 Å². The molecule has 0 aromatic heterocycles. The Kier molecular flexibility index (Phi) is 6.74.